The second-order valence-corrected chi connectivity index (χ2v) is 4.01. The van der Waals surface area contributed by atoms with Gasteiger partial charge >= 0.3 is 0 Å². The fourth-order valence-corrected chi connectivity index (χ4v) is 1.57. The van der Waals surface area contributed by atoms with Gasteiger partial charge in [0.2, 0.25) is 5.91 Å². The summed E-state index contributed by atoms with van der Waals surface area (Å²) in [6, 6.07) is 5.04. The maximum Gasteiger partial charge on any atom is 0.222 e. The smallest absolute Gasteiger partial charge is 0.222 e. The first-order chi connectivity index (χ1) is 9.58. The predicted octanol–water partition coefficient (Wildman–Crippen LogP) is 1.85. The Labute approximate surface area is 116 Å². The van der Waals surface area contributed by atoms with Crippen molar-refractivity contribution in [3.63, 3.8) is 0 Å². The topological polar surface area (TPSA) is 102 Å². The molecule has 1 amide bonds. The zero-order chi connectivity index (χ0) is 14.5. The van der Waals surface area contributed by atoms with Crippen molar-refractivity contribution < 1.29 is 9.53 Å². The number of hydrogen-bond donors (Lipinski definition) is 3. The van der Waals surface area contributed by atoms with Gasteiger partial charge in [-0.05, 0) is 6.07 Å². The van der Waals surface area contributed by atoms with Gasteiger partial charge in [0.25, 0.3) is 0 Å². The van der Waals surface area contributed by atoms with E-state index in [1.165, 1.54) is 13.1 Å². The van der Waals surface area contributed by atoms with Gasteiger partial charge < -0.3 is 21.1 Å². The molecule has 4 N–H and O–H groups in total. The highest BCUT2D eigenvalue weighted by atomic mass is 16.5. The van der Waals surface area contributed by atoms with E-state index < -0.39 is 0 Å². The molecule has 0 aromatic carbocycles. The second-order valence-electron chi connectivity index (χ2n) is 4.01. The molecule has 0 bridgehead atoms. The summed E-state index contributed by atoms with van der Waals surface area (Å²) in [6.07, 6.45) is 3.07. The molecule has 0 aliphatic heterocycles. The van der Waals surface area contributed by atoms with Gasteiger partial charge in [-0.15, -0.1) is 0 Å². The molecule has 2 heterocycles. The summed E-state index contributed by atoms with van der Waals surface area (Å²) in [6.45, 7) is 1.41. The van der Waals surface area contributed by atoms with Gasteiger partial charge in [-0.3, -0.25) is 4.79 Å². The average Bonchev–Trinajstić information content (AvgIpc) is 2.40. The summed E-state index contributed by atoms with van der Waals surface area (Å²) >= 11 is 0. The lowest BCUT2D eigenvalue weighted by Gasteiger charge is -2.09. The Morgan fingerprint density at radius 3 is 2.80 bits per heavy atom. The molecule has 7 heteroatoms. The van der Waals surface area contributed by atoms with Crippen LogP contribution in [0.1, 0.15) is 6.92 Å². The lowest BCUT2D eigenvalue weighted by molar-refractivity contribution is -0.114. The van der Waals surface area contributed by atoms with Crippen molar-refractivity contribution in [1.29, 1.82) is 0 Å². The first-order valence-corrected chi connectivity index (χ1v) is 5.93. The van der Waals surface area contributed by atoms with E-state index in [-0.39, 0.29) is 5.91 Å². The van der Waals surface area contributed by atoms with Crippen molar-refractivity contribution >= 4 is 23.2 Å². The minimum atomic E-state index is -0.193. The van der Waals surface area contributed by atoms with E-state index in [0.29, 0.717) is 28.8 Å². The monoisotopic (exact) mass is 273 g/mol. The molecule has 7 nitrogen and oxygen atoms in total. The minimum absolute atomic E-state index is 0.193. The highest BCUT2D eigenvalue weighted by molar-refractivity contribution is 5.87. The molecule has 104 valence electrons. The molecule has 0 aliphatic rings. The third-order valence-electron chi connectivity index (χ3n) is 2.43. The van der Waals surface area contributed by atoms with Crippen molar-refractivity contribution in [1.82, 2.24) is 9.97 Å². The third kappa shape index (κ3) is 3.35. The zero-order valence-electron chi connectivity index (χ0n) is 11.2. The standard InChI is InChI=1S/C13H15N5O2/c1-8(19)18-12-6-9(3-4-16-12)20-10-5-11(15-2)13(14)17-7-10/h3-7,15H,1-2H3,(H2,14,17)(H,16,18,19). The summed E-state index contributed by atoms with van der Waals surface area (Å²) in [4.78, 5) is 19.0. The van der Waals surface area contributed by atoms with Gasteiger partial charge in [-0.25, -0.2) is 9.97 Å². The van der Waals surface area contributed by atoms with Crippen LogP contribution in [0, 0.1) is 0 Å². The number of amides is 1. The molecule has 2 aromatic heterocycles. The van der Waals surface area contributed by atoms with Gasteiger partial charge in [-0.1, -0.05) is 0 Å². The van der Waals surface area contributed by atoms with E-state index in [9.17, 15) is 4.79 Å². The molecular weight excluding hydrogens is 258 g/mol. The molecule has 0 saturated heterocycles. The van der Waals surface area contributed by atoms with Gasteiger partial charge in [0, 0.05) is 32.3 Å². The number of nitrogen functional groups attached to an aromatic ring is 1. The van der Waals surface area contributed by atoms with E-state index in [1.807, 2.05) is 0 Å². The second kappa shape index (κ2) is 5.87. The van der Waals surface area contributed by atoms with E-state index >= 15 is 0 Å². The summed E-state index contributed by atoms with van der Waals surface area (Å²) in [5.74, 6) is 1.70. The highest BCUT2D eigenvalue weighted by Gasteiger charge is 2.05. The fraction of sp³-hybridized carbons (Fsp3) is 0.154. The Morgan fingerprint density at radius 2 is 2.10 bits per heavy atom. The molecule has 0 saturated carbocycles. The van der Waals surface area contributed by atoms with Crippen LogP contribution in [0.25, 0.3) is 0 Å². The molecule has 0 spiro atoms. The molecule has 20 heavy (non-hydrogen) atoms. The number of carbonyl (C=O) groups is 1. The zero-order valence-corrected chi connectivity index (χ0v) is 11.2. The van der Waals surface area contributed by atoms with Crippen molar-refractivity contribution in [3.8, 4) is 11.5 Å². The normalized spacial score (nSPS) is 9.90. The Hall–Kier alpha value is -2.83. The van der Waals surface area contributed by atoms with Crippen LogP contribution in [0.5, 0.6) is 11.5 Å². The Morgan fingerprint density at radius 1 is 1.30 bits per heavy atom. The molecule has 0 fully saturated rings. The quantitative estimate of drug-likeness (QED) is 0.785. The van der Waals surface area contributed by atoms with E-state index in [0.717, 1.165) is 0 Å². The van der Waals surface area contributed by atoms with Crippen molar-refractivity contribution in [2.24, 2.45) is 0 Å². The number of pyridine rings is 2. The summed E-state index contributed by atoms with van der Waals surface area (Å²) in [5.41, 5.74) is 6.36. The number of rotatable bonds is 4. The maximum absolute atomic E-state index is 11.0. The largest absolute Gasteiger partial charge is 0.455 e. The Balaban J connectivity index is 2.19. The number of hydrogen-bond acceptors (Lipinski definition) is 6. The number of carbonyl (C=O) groups excluding carboxylic acids is 1. The van der Waals surface area contributed by atoms with Crippen LogP contribution in [-0.4, -0.2) is 22.9 Å². The maximum atomic E-state index is 11.0. The summed E-state index contributed by atoms with van der Waals surface area (Å²) in [5, 5.41) is 5.51. The van der Waals surface area contributed by atoms with Crippen LogP contribution in [0.15, 0.2) is 30.6 Å². The molecule has 2 rings (SSSR count). The summed E-state index contributed by atoms with van der Waals surface area (Å²) < 4.78 is 5.65. The van der Waals surface area contributed by atoms with E-state index in [1.54, 1.807) is 31.4 Å². The highest BCUT2D eigenvalue weighted by Crippen LogP contribution is 2.26. The lowest BCUT2D eigenvalue weighted by Crippen LogP contribution is -2.07. The summed E-state index contributed by atoms with van der Waals surface area (Å²) in [7, 11) is 1.75. The van der Waals surface area contributed by atoms with Crippen molar-refractivity contribution in [3.05, 3.63) is 30.6 Å². The van der Waals surface area contributed by atoms with Crippen LogP contribution in [-0.2, 0) is 4.79 Å². The van der Waals surface area contributed by atoms with E-state index in [2.05, 4.69) is 20.6 Å². The van der Waals surface area contributed by atoms with Crippen molar-refractivity contribution in [2.75, 3.05) is 23.4 Å². The van der Waals surface area contributed by atoms with Crippen LogP contribution < -0.4 is 21.1 Å². The molecule has 0 unspecified atom stereocenters. The van der Waals surface area contributed by atoms with E-state index in [4.69, 9.17) is 10.5 Å². The van der Waals surface area contributed by atoms with Gasteiger partial charge in [0.15, 0.2) is 0 Å². The molecule has 0 radical (unpaired) electrons. The molecule has 0 aliphatic carbocycles. The van der Waals surface area contributed by atoms with Crippen LogP contribution in [0.4, 0.5) is 17.3 Å². The SMILES string of the molecule is CNc1cc(Oc2ccnc(NC(C)=O)c2)cnc1N. The Bertz CT molecular complexity index is 630. The number of nitrogens with zero attached hydrogens (tertiary/aromatic N) is 2. The van der Waals surface area contributed by atoms with Crippen molar-refractivity contribution in [2.45, 2.75) is 6.92 Å². The van der Waals surface area contributed by atoms with Crippen LogP contribution >= 0.6 is 0 Å². The molecule has 0 atom stereocenters. The number of anilines is 3. The van der Waals surface area contributed by atoms with Crippen LogP contribution in [0.2, 0.25) is 0 Å². The lowest BCUT2D eigenvalue weighted by atomic mass is 10.3. The third-order valence-corrected chi connectivity index (χ3v) is 2.43. The van der Waals surface area contributed by atoms with Gasteiger partial charge in [-0.2, -0.15) is 0 Å². The number of ether oxygens (including phenoxy) is 1. The predicted molar refractivity (Wildman–Crippen MR) is 76.8 cm³/mol. The minimum Gasteiger partial charge on any atom is -0.455 e. The molecular formula is C13H15N5O2. The van der Waals surface area contributed by atoms with Crippen LogP contribution in [0.3, 0.4) is 0 Å². The van der Waals surface area contributed by atoms with Gasteiger partial charge in [0.05, 0.1) is 11.9 Å². The Kier molecular flexibility index (Phi) is 3.99. The first kappa shape index (κ1) is 13.6. The number of nitrogens with one attached hydrogen (secondary N) is 2. The fourth-order valence-electron chi connectivity index (χ4n) is 1.57. The van der Waals surface area contributed by atoms with Gasteiger partial charge in [0.1, 0.15) is 23.1 Å². The molecule has 2 aromatic rings. The average molecular weight is 273 g/mol. The number of aromatic nitrogens is 2. The first-order valence-electron chi connectivity index (χ1n) is 5.93. The number of nitrogens with two attached hydrogens (primary N) is 1.